The molecule has 2 fully saturated rings. The van der Waals surface area contributed by atoms with Gasteiger partial charge in [-0.2, -0.15) is 0 Å². The maximum Gasteiger partial charge on any atom is 0.276 e. The van der Waals surface area contributed by atoms with Crippen LogP contribution in [0.3, 0.4) is 0 Å². The second-order valence-electron chi connectivity index (χ2n) is 10.9. The molecule has 10 nitrogen and oxygen atoms in total. The zero-order chi connectivity index (χ0) is 27.7. The van der Waals surface area contributed by atoms with E-state index in [1.165, 1.54) is 22.2 Å². The van der Waals surface area contributed by atoms with Crippen LogP contribution in [0, 0.1) is 6.92 Å². The van der Waals surface area contributed by atoms with Crippen molar-refractivity contribution in [1.82, 2.24) is 29.7 Å². The largest absolute Gasteiger partial charge is 0.336 e. The third kappa shape index (κ3) is 4.27. The summed E-state index contributed by atoms with van der Waals surface area (Å²) in [6.45, 7) is 3.04. The standard InChI is InChI=1S/C26H29F2N7O3S/c1-14-10-17(23(37)35-19(14)21(36)32-26(35)7-5-25(27,28)6-8-26)31-20-16-11-18(39-22(16)30-13-29-20)24(38)34-9-4-15(12-34)33(2)3/h10-11,13,15H,4-9,12H2,1-3H3,(H,32,36)(H,29,30,31)/t15-/m1/s1. The molecule has 0 bridgehead atoms. The third-order valence-electron chi connectivity index (χ3n) is 8.16. The predicted molar refractivity (Wildman–Crippen MR) is 143 cm³/mol. The van der Waals surface area contributed by atoms with E-state index in [0.29, 0.717) is 45.6 Å². The summed E-state index contributed by atoms with van der Waals surface area (Å²) in [5, 5.41) is 6.50. The smallest absolute Gasteiger partial charge is 0.276 e. The van der Waals surface area contributed by atoms with Crippen LogP contribution in [0.25, 0.3) is 10.2 Å². The summed E-state index contributed by atoms with van der Waals surface area (Å²) in [6, 6.07) is 3.63. The van der Waals surface area contributed by atoms with E-state index in [9.17, 15) is 23.2 Å². The number of nitrogens with zero attached hydrogens (tertiary/aromatic N) is 5. The number of fused-ring (bicyclic) bond motifs is 3. The molecule has 1 spiro atoms. The molecular formula is C26H29F2N7O3S. The van der Waals surface area contributed by atoms with Gasteiger partial charge in [0, 0.05) is 32.0 Å². The average molecular weight is 558 g/mol. The van der Waals surface area contributed by atoms with Crippen molar-refractivity contribution in [2.24, 2.45) is 0 Å². The lowest BCUT2D eigenvalue weighted by molar-refractivity contribution is -0.0667. The molecule has 3 aliphatic rings. The second kappa shape index (κ2) is 9.05. The van der Waals surface area contributed by atoms with Crippen LogP contribution in [-0.4, -0.2) is 75.3 Å². The predicted octanol–water partition coefficient (Wildman–Crippen LogP) is 3.29. The van der Waals surface area contributed by atoms with E-state index in [4.69, 9.17) is 0 Å². The molecule has 2 N–H and O–H groups in total. The number of thiophene rings is 1. The Bertz CT molecular complexity index is 1560. The van der Waals surface area contributed by atoms with Crippen LogP contribution in [0.5, 0.6) is 0 Å². The summed E-state index contributed by atoms with van der Waals surface area (Å²) >= 11 is 1.27. The number of likely N-dealkylation sites (tertiary alicyclic amines) is 1. The van der Waals surface area contributed by atoms with E-state index in [1.54, 1.807) is 19.1 Å². The first-order valence-electron chi connectivity index (χ1n) is 12.9. The van der Waals surface area contributed by atoms with Gasteiger partial charge < -0.3 is 20.4 Å². The number of aryl methyl sites for hydroxylation is 1. The van der Waals surface area contributed by atoms with Crippen LogP contribution < -0.4 is 16.2 Å². The van der Waals surface area contributed by atoms with Crippen LogP contribution in [0.4, 0.5) is 20.3 Å². The molecular weight excluding hydrogens is 528 g/mol. The number of carbonyl (C=O) groups excluding carboxylic acids is 2. The van der Waals surface area contributed by atoms with E-state index in [-0.39, 0.29) is 30.1 Å². The van der Waals surface area contributed by atoms with Crippen LogP contribution in [-0.2, 0) is 5.66 Å². The number of likely N-dealkylation sites (N-methyl/N-ethyl adjacent to an activating group) is 1. The molecule has 206 valence electrons. The van der Waals surface area contributed by atoms with Gasteiger partial charge in [0.1, 0.15) is 34.0 Å². The van der Waals surface area contributed by atoms with Gasteiger partial charge in [-0.1, -0.05) is 0 Å². The normalized spacial score (nSPS) is 21.5. The van der Waals surface area contributed by atoms with Gasteiger partial charge in [0.2, 0.25) is 5.92 Å². The lowest BCUT2D eigenvalue weighted by Gasteiger charge is -2.38. The molecule has 5 heterocycles. The number of rotatable bonds is 4. The fourth-order valence-corrected chi connectivity index (χ4v) is 6.89. The van der Waals surface area contributed by atoms with Crippen molar-refractivity contribution in [3.8, 4) is 0 Å². The van der Waals surface area contributed by atoms with E-state index in [1.807, 2.05) is 19.0 Å². The molecule has 3 aromatic heterocycles. The zero-order valence-corrected chi connectivity index (χ0v) is 22.7. The molecule has 1 saturated heterocycles. The molecule has 1 atom stereocenters. The van der Waals surface area contributed by atoms with E-state index >= 15 is 0 Å². The Kier molecular flexibility index (Phi) is 5.99. The minimum atomic E-state index is -2.82. The molecule has 13 heteroatoms. The lowest BCUT2D eigenvalue weighted by atomic mass is 9.86. The quantitative estimate of drug-likeness (QED) is 0.506. The van der Waals surface area contributed by atoms with Crippen molar-refractivity contribution in [2.45, 2.75) is 56.7 Å². The number of alkyl halides is 2. The van der Waals surface area contributed by atoms with Gasteiger partial charge >= 0.3 is 0 Å². The molecule has 39 heavy (non-hydrogen) atoms. The van der Waals surface area contributed by atoms with E-state index < -0.39 is 35.9 Å². The number of carbonyl (C=O) groups is 2. The summed E-state index contributed by atoms with van der Waals surface area (Å²) in [5.74, 6) is -2.98. The number of aromatic nitrogens is 3. The Morgan fingerprint density at radius 1 is 1.18 bits per heavy atom. The summed E-state index contributed by atoms with van der Waals surface area (Å²) in [7, 11) is 4.01. The number of amides is 2. The Labute approximate surface area is 227 Å². The maximum atomic E-state index is 14.0. The number of anilines is 2. The second-order valence-corrected chi connectivity index (χ2v) is 11.9. The number of nitrogens with one attached hydrogen (secondary N) is 2. The number of halogens is 2. The first-order chi connectivity index (χ1) is 18.5. The van der Waals surface area contributed by atoms with Crippen LogP contribution in [0.2, 0.25) is 0 Å². The molecule has 0 radical (unpaired) electrons. The first kappa shape index (κ1) is 25.8. The summed E-state index contributed by atoms with van der Waals surface area (Å²) in [4.78, 5) is 53.5. The van der Waals surface area contributed by atoms with Gasteiger partial charge in [0.05, 0.1) is 10.3 Å². The highest BCUT2D eigenvalue weighted by atomic mass is 32.1. The Morgan fingerprint density at radius 3 is 2.62 bits per heavy atom. The van der Waals surface area contributed by atoms with E-state index in [2.05, 4.69) is 25.5 Å². The minimum absolute atomic E-state index is 0.0412. The monoisotopic (exact) mass is 557 g/mol. The van der Waals surface area contributed by atoms with Gasteiger partial charge in [-0.05, 0) is 58.0 Å². The molecule has 0 aromatic carbocycles. The number of hydrogen-bond donors (Lipinski definition) is 2. The number of hydrogen-bond acceptors (Lipinski definition) is 8. The van der Waals surface area contributed by atoms with E-state index in [0.717, 1.165) is 6.42 Å². The fraction of sp³-hybridized carbons (Fsp3) is 0.500. The highest BCUT2D eigenvalue weighted by Gasteiger charge is 2.51. The average Bonchev–Trinajstić information content (AvgIpc) is 3.61. The topological polar surface area (TPSA) is 112 Å². The van der Waals surface area contributed by atoms with Crippen molar-refractivity contribution < 1.29 is 18.4 Å². The third-order valence-corrected chi connectivity index (χ3v) is 9.19. The van der Waals surface area contributed by atoms with Gasteiger partial charge in [0.15, 0.2) is 0 Å². The summed E-state index contributed by atoms with van der Waals surface area (Å²) in [6.07, 6.45) is 1.36. The highest BCUT2D eigenvalue weighted by Crippen LogP contribution is 2.43. The van der Waals surface area contributed by atoms with Gasteiger partial charge in [-0.3, -0.25) is 19.0 Å². The van der Waals surface area contributed by atoms with Gasteiger partial charge in [-0.15, -0.1) is 11.3 Å². The van der Waals surface area contributed by atoms with Crippen LogP contribution >= 0.6 is 11.3 Å². The lowest BCUT2D eigenvalue weighted by Crippen LogP contribution is -2.51. The molecule has 2 amide bonds. The van der Waals surface area contributed by atoms with Crippen molar-refractivity contribution in [3.63, 3.8) is 0 Å². The van der Waals surface area contributed by atoms with Crippen molar-refractivity contribution in [2.75, 3.05) is 32.5 Å². The molecule has 2 aliphatic heterocycles. The van der Waals surface area contributed by atoms with Gasteiger partial charge in [-0.25, -0.2) is 18.7 Å². The SMILES string of the molecule is Cc1cc(Nc2ncnc3sc(C(=O)N4CC[C@@H](N(C)C)C4)cc23)c(=O)n2c1C(=O)NC21CCC(F)(F)CC1. The molecule has 1 saturated carbocycles. The zero-order valence-electron chi connectivity index (χ0n) is 21.9. The highest BCUT2D eigenvalue weighted by molar-refractivity contribution is 7.20. The number of pyridine rings is 1. The maximum absolute atomic E-state index is 14.0. The van der Waals surface area contributed by atoms with Crippen molar-refractivity contribution >= 4 is 44.9 Å². The first-order valence-corrected chi connectivity index (χ1v) is 13.7. The van der Waals surface area contributed by atoms with Gasteiger partial charge in [0.25, 0.3) is 17.4 Å². The van der Waals surface area contributed by atoms with Crippen LogP contribution in [0.15, 0.2) is 23.3 Å². The molecule has 1 aliphatic carbocycles. The molecule has 0 unspecified atom stereocenters. The Hall–Kier alpha value is -3.45. The Morgan fingerprint density at radius 2 is 1.92 bits per heavy atom. The molecule has 6 rings (SSSR count). The Balaban J connectivity index is 1.34. The minimum Gasteiger partial charge on any atom is -0.336 e. The van der Waals surface area contributed by atoms with Crippen molar-refractivity contribution in [3.05, 3.63) is 44.9 Å². The summed E-state index contributed by atoms with van der Waals surface area (Å²) < 4.78 is 29.3. The fourth-order valence-electron chi connectivity index (χ4n) is 5.92. The summed E-state index contributed by atoms with van der Waals surface area (Å²) in [5.41, 5.74) is -0.786. The van der Waals surface area contributed by atoms with Crippen molar-refractivity contribution in [1.29, 1.82) is 0 Å². The molecule has 3 aromatic rings. The van der Waals surface area contributed by atoms with Crippen LogP contribution in [0.1, 0.15) is 57.8 Å².